The maximum Gasteiger partial charge on any atom is 0.490 e. The summed E-state index contributed by atoms with van der Waals surface area (Å²) in [6, 6.07) is 4.09. The Morgan fingerprint density at radius 1 is 1.22 bits per heavy atom. The largest absolute Gasteiger partial charge is 0.490 e. The Hall–Kier alpha value is -2.27. The summed E-state index contributed by atoms with van der Waals surface area (Å²) >= 11 is 0. The summed E-state index contributed by atoms with van der Waals surface area (Å²) in [6.07, 6.45) is -1.38. The van der Waals surface area contributed by atoms with Crippen LogP contribution in [0.5, 0.6) is 0 Å². The summed E-state index contributed by atoms with van der Waals surface area (Å²) in [7, 11) is 0. The van der Waals surface area contributed by atoms with Crippen LogP contribution in [0.1, 0.15) is 31.2 Å². The van der Waals surface area contributed by atoms with E-state index in [1.165, 1.54) is 12.1 Å². The molecule has 1 unspecified atom stereocenters. The van der Waals surface area contributed by atoms with Gasteiger partial charge in [0.1, 0.15) is 0 Å². The molecule has 1 amide bonds. The van der Waals surface area contributed by atoms with Gasteiger partial charge in [-0.3, -0.25) is 9.69 Å². The van der Waals surface area contributed by atoms with Gasteiger partial charge in [-0.2, -0.15) is 13.2 Å². The second-order valence-electron chi connectivity index (χ2n) is 8.37. The van der Waals surface area contributed by atoms with Crippen LogP contribution >= 0.6 is 0 Å². The minimum absolute atomic E-state index is 0.110. The quantitative estimate of drug-likeness (QED) is 0.678. The van der Waals surface area contributed by atoms with E-state index in [9.17, 15) is 26.7 Å². The second-order valence-corrected chi connectivity index (χ2v) is 8.37. The van der Waals surface area contributed by atoms with Crippen LogP contribution in [0.25, 0.3) is 0 Å². The van der Waals surface area contributed by atoms with Crippen LogP contribution in [0.4, 0.5) is 22.0 Å². The molecule has 1 aromatic rings. The molecule has 3 fully saturated rings. The Labute approximate surface area is 181 Å². The molecule has 3 saturated heterocycles. The van der Waals surface area contributed by atoms with Crippen molar-refractivity contribution in [2.75, 3.05) is 32.8 Å². The molecule has 1 aromatic carbocycles. The number of hydrogen-bond acceptors (Lipinski definition) is 4. The van der Waals surface area contributed by atoms with Crippen LogP contribution in [0.3, 0.4) is 0 Å². The first-order valence-electron chi connectivity index (χ1n) is 10.4. The highest BCUT2D eigenvalue weighted by atomic mass is 19.4. The number of ether oxygens (including phenoxy) is 1. The summed E-state index contributed by atoms with van der Waals surface area (Å²) < 4.78 is 64.2. The highest BCUT2D eigenvalue weighted by molar-refractivity contribution is 5.78. The third-order valence-electron chi connectivity index (χ3n) is 6.13. The van der Waals surface area contributed by atoms with Gasteiger partial charge >= 0.3 is 12.1 Å². The SMILES string of the molecule is O=C(O)C(F)(F)F.O=C1CCCN1CCC1CCOC12CN(Cc1ccc(F)c(F)c1)C2. The molecule has 3 aliphatic heterocycles. The number of likely N-dealkylation sites (tertiary alicyclic amines) is 2. The van der Waals surface area contributed by atoms with Gasteiger partial charge in [0, 0.05) is 45.8 Å². The second kappa shape index (κ2) is 9.70. The van der Waals surface area contributed by atoms with Crippen molar-refractivity contribution in [3.05, 3.63) is 35.4 Å². The van der Waals surface area contributed by atoms with Gasteiger partial charge in [-0.1, -0.05) is 6.07 Å². The summed E-state index contributed by atoms with van der Waals surface area (Å²) in [5.74, 6) is -3.60. The van der Waals surface area contributed by atoms with Gasteiger partial charge < -0.3 is 14.7 Å². The first-order valence-corrected chi connectivity index (χ1v) is 10.4. The molecule has 1 N–H and O–H groups in total. The van der Waals surface area contributed by atoms with Crippen LogP contribution in [0, 0.1) is 17.6 Å². The Bertz CT molecular complexity index is 842. The fraction of sp³-hybridized carbons (Fsp3) is 0.619. The lowest BCUT2D eigenvalue weighted by Gasteiger charge is -2.50. The van der Waals surface area contributed by atoms with Gasteiger partial charge in [-0.05, 0) is 42.9 Å². The number of carbonyl (C=O) groups is 2. The van der Waals surface area contributed by atoms with Crippen molar-refractivity contribution in [3.63, 3.8) is 0 Å². The minimum Gasteiger partial charge on any atom is -0.475 e. The topological polar surface area (TPSA) is 70.1 Å². The van der Waals surface area contributed by atoms with Gasteiger partial charge in [0.2, 0.25) is 5.91 Å². The van der Waals surface area contributed by atoms with Crippen LogP contribution in [0.15, 0.2) is 18.2 Å². The maximum absolute atomic E-state index is 13.3. The molecule has 1 atom stereocenters. The molecule has 11 heteroatoms. The number of hydrogen-bond donors (Lipinski definition) is 1. The molecule has 32 heavy (non-hydrogen) atoms. The zero-order chi connectivity index (χ0) is 23.5. The molecule has 0 radical (unpaired) electrons. The number of nitrogens with zero attached hydrogens (tertiary/aromatic N) is 2. The molecule has 1 spiro atoms. The first-order chi connectivity index (χ1) is 15.0. The molecule has 0 bridgehead atoms. The Kier molecular flexibility index (Phi) is 7.39. The predicted molar refractivity (Wildman–Crippen MR) is 103 cm³/mol. The zero-order valence-corrected chi connectivity index (χ0v) is 17.3. The van der Waals surface area contributed by atoms with E-state index in [4.69, 9.17) is 14.6 Å². The fourth-order valence-corrected chi connectivity index (χ4v) is 4.51. The number of rotatable bonds is 5. The number of carboxylic acid groups (broad SMARTS) is 1. The molecule has 0 aromatic heterocycles. The lowest BCUT2D eigenvalue weighted by Crippen LogP contribution is -2.64. The lowest BCUT2D eigenvalue weighted by molar-refractivity contribution is -0.192. The standard InChI is InChI=1S/C19H24F2N2O2.C2HF3O2/c20-16-4-3-14(10-17(16)21)11-22-12-19(13-22)15(6-9-25-19)5-8-23-7-1-2-18(23)24;3-2(4,5)1(6)7/h3-4,10,15H,1-2,5-9,11-13H2;(H,6,7). The third kappa shape index (κ3) is 5.74. The van der Waals surface area contributed by atoms with Crippen molar-refractivity contribution in [2.45, 2.75) is 44.0 Å². The zero-order valence-electron chi connectivity index (χ0n) is 17.3. The Morgan fingerprint density at radius 3 is 2.47 bits per heavy atom. The highest BCUT2D eigenvalue weighted by Crippen LogP contribution is 2.42. The molecule has 0 saturated carbocycles. The predicted octanol–water partition coefficient (Wildman–Crippen LogP) is 3.20. The van der Waals surface area contributed by atoms with Gasteiger partial charge in [-0.15, -0.1) is 0 Å². The lowest BCUT2D eigenvalue weighted by atomic mass is 9.78. The maximum atomic E-state index is 13.3. The van der Waals surface area contributed by atoms with Crippen LogP contribution < -0.4 is 0 Å². The summed E-state index contributed by atoms with van der Waals surface area (Å²) in [5, 5.41) is 7.12. The highest BCUT2D eigenvalue weighted by Gasteiger charge is 2.52. The number of halogens is 5. The summed E-state index contributed by atoms with van der Waals surface area (Å²) in [6.45, 7) is 4.76. The van der Waals surface area contributed by atoms with Crippen LogP contribution in [0.2, 0.25) is 0 Å². The van der Waals surface area contributed by atoms with E-state index >= 15 is 0 Å². The van der Waals surface area contributed by atoms with E-state index in [1.807, 2.05) is 4.90 Å². The number of amides is 1. The van der Waals surface area contributed by atoms with Crippen molar-refractivity contribution in [1.82, 2.24) is 9.80 Å². The van der Waals surface area contributed by atoms with Gasteiger partial charge in [0.05, 0.1) is 5.60 Å². The number of aliphatic carboxylic acids is 1. The van der Waals surface area contributed by atoms with E-state index < -0.39 is 23.8 Å². The average molecular weight is 464 g/mol. The van der Waals surface area contributed by atoms with Gasteiger partial charge in [-0.25, -0.2) is 13.6 Å². The first kappa shape index (κ1) is 24.4. The monoisotopic (exact) mass is 464 g/mol. The molecule has 6 nitrogen and oxygen atoms in total. The number of carbonyl (C=O) groups excluding carboxylic acids is 1. The van der Waals surface area contributed by atoms with Gasteiger partial charge in [0.25, 0.3) is 0 Å². The smallest absolute Gasteiger partial charge is 0.475 e. The molecule has 4 rings (SSSR count). The third-order valence-corrected chi connectivity index (χ3v) is 6.13. The Morgan fingerprint density at radius 2 is 1.91 bits per heavy atom. The van der Waals surface area contributed by atoms with Crippen molar-refractivity contribution in [1.29, 1.82) is 0 Å². The van der Waals surface area contributed by atoms with E-state index in [-0.39, 0.29) is 11.5 Å². The minimum atomic E-state index is -5.08. The van der Waals surface area contributed by atoms with E-state index in [0.717, 1.165) is 57.6 Å². The summed E-state index contributed by atoms with van der Waals surface area (Å²) in [4.78, 5) is 24.8. The molecular formula is C21H25F5N2O4. The van der Waals surface area contributed by atoms with E-state index in [2.05, 4.69) is 4.90 Å². The van der Waals surface area contributed by atoms with Crippen LogP contribution in [-0.2, 0) is 20.9 Å². The molecule has 178 valence electrons. The van der Waals surface area contributed by atoms with Crippen molar-refractivity contribution < 1.29 is 41.4 Å². The van der Waals surface area contributed by atoms with Crippen molar-refractivity contribution in [3.8, 4) is 0 Å². The number of carboxylic acids is 1. The van der Waals surface area contributed by atoms with E-state index in [1.54, 1.807) is 6.07 Å². The number of alkyl halides is 3. The van der Waals surface area contributed by atoms with Crippen molar-refractivity contribution >= 4 is 11.9 Å². The van der Waals surface area contributed by atoms with E-state index in [0.29, 0.717) is 18.9 Å². The Balaban J connectivity index is 0.000000360. The molecule has 0 aliphatic carbocycles. The number of benzene rings is 1. The fourth-order valence-electron chi connectivity index (χ4n) is 4.51. The van der Waals surface area contributed by atoms with Crippen molar-refractivity contribution in [2.24, 2.45) is 5.92 Å². The molecular weight excluding hydrogens is 439 g/mol. The average Bonchev–Trinajstić information content (AvgIpc) is 3.28. The molecule has 3 aliphatic rings. The van der Waals surface area contributed by atoms with Gasteiger partial charge in [0.15, 0.2) is 11.6 Å². The van der Waals surface area contributed by atoms with Crippen LogP contribution in [-0.4, -0.2) is 71.3 Å². The molecule has 3 heterocycles. The summed E-state index contributed by atoms with van der Waals surface area (Å²) in [5.41, 5.74) is 0.674. The normalized spacial score (nSPS) is 22.6.